The number of nitrogen functional groups attached to an aromatic ring is 1. The van der Waals surface area contributed by atoms with E-state index >= 15 is 0 Å². The first kappa shape index (κ1) is 17.3. The van der Waals surface area contributed by atoms with Gasteiger partial charge in [0.1, 0.15) is 5.69 Å². The number of ether oxygens (including phenoxy) is 1. The fourth-order valence-corrected chi connectivity index (χ4v) is 3.02. The van der Waals surface area contributed by atoms with Gasteiger partial charge >= 0.3 is 6.09 Å². The Morgan fingerprint density at radius 3 is 2.52 bits per heavy atom. The van der Waals surface area contributed by atoms with Gasteiger partial charge in [-0.25, -0.2) is 9.36 Å². The molecule has 0 fully saturated rings. The molecule has 2 N–H and O–H groups in total. The summed E-state index contributed by atoms with van der Waals surface area (Å²) in [5.74, 6) is -0.430. The zero-order valence-electron chi connectivity index (χ0n) is 13.3. The first-order valence-electron chi connectivity index (χ1n) is 7.51. The first-order valence-corrected chi connectivity index (χ1v) is 8.26. The van der Waals surface area contributed by atoms with Crippen molar-refractivity contribution in [3.05, 3.63) is 63.8 Å². The van der Waals surface area contributed by atoms with E-state index in [-0.39, 0.29) is 18.0 Å². The fourth-order valence-electron chi connectivity index (χ4n) is 2.66. The molecule has 0 bridgehead atoms. The number of hydrogen-bond donors (Lipinski definition) is 1. The Balaban J connectivity index is 2.29. The normalized spacial score (nSPS) is 10.8. The summed E-state index contributed by atoms with van der Waals surface area (Å²) in [6.45, 7) is 1.85. The van der Waals surface area contributed by atoms with Crippen LogP contribution in [-0.4, -0.2) is 23.1 Å². The van der Waals surface area contributed by atoms with Crippen LogP contribution in [0.4, 0.5) is 10.5 Å². The Labute approximate surface area is 153 Å². The highest BCUT2D eigenvalue weighted by molar-refractivity contribution is 6.32. The summed E-state index contributed by atoms with van der Waals surface area (Å²) in [4.78, 5) is 25.5. The summed E-state index contributed by atoms with van der Waals surface area (Å²) >= 11 is 12.0. The molecule has 3 aromatic rings. The lowest BCUT2D eigenvalue weighted by molar-refractivity contribution is 0.102. The van der Waals surface area contributed by atoms with Crippen LogP contribution in [0.15, 0.2) is 42.5 Å². The minimum atomic E-state index is -0.683. The number of fused-ring (bicyclic) bond motifs is 1. The molecule has 3 rings (SSSR count). The number of carbonyl (C=O) groups excluding carboxylic acids is 2. The molecule has 0 aliphatic heterocycles. The summed E-state index contributed by atoms with van der Waals surface area (Å²) in [6, 6.07) is 11.3. The number of rotatable bonds is 3. The minimum absolute atomic E-state index is 0.0259. The number of anilines is 1. The van der Waals surface area contributed by atoms with E-state index in [1.807, 2.05) is 0 Å². The van der Waals surface area contributed by atoms with Gasteiger partial charge in [0.15, 0.2) is 0 Å². The number of carbonyl (C=O) groups is 2. The van der Waals surface area contributed by atoms with Crippen LogP contribution in [0.2, 0.25) is 10.0 Å². The molecule has 0 saturated heterocycles. The number of halogens is 2. The van der Waals surface area contributed by atoms with Gasteiger partial charge in [-0.15, -0.1) is 0 Å². The highest BCUT2D eigenvalue weighted by Crippen LogP contribution is 2.33. The van der Waals surface area contributed by atoms with Crippen molar-refractivity contribution >= 4 is 51.7 Å². The molecule has 0 aliphatic rings. The van der Waals surface area contributed by atoms with Crippen LogP contribution < -0.4 is 5.73 Å². The van der Waals surface area contributed by atoms with Gasteiger partial charge in [0.2, 0.25) is 5.78 Å². The van der Waals surface area contributed by atoms with Gasteiger partial charge in [0.25, 0.3) is 0 Å². The average Bonchev–Trinajstić information content (AvgIpc) is 2.87. The minimum Gasteiger partial charge on any atom is -0.449 e. The van der Waals surface area contributed by atoms with Crippen LogP contribution in [0.5, 0.6) is 0 Å². The molecule has 0 aliphatic carbocycles. The van der Waals surface area contributed by atoms with E-state index in [1.165, 1.54) is 10.6 Å². The molecular formula is C18H14Cl2N2O3. The van der Waals surface area contributed by atoms with E-state index in [9.17, 15) is 9.59 Å². The molecule has 0 spiro atoms. The van der Waals surface area contributed by atoms with Crippen molar-refractivity contribution in [3.8, 4) is 0 Å². The van der Waals surface area contributed by atoms with Gasteiger partial charge < -0.3 is 10.5 Å². The van der Waals surface area contributed by atoms with Crippen molar-refractivity contribution in [1.29, 1.82) is 0 Å². The zero-order valence-corrected chi connectivity index (χ0v) is 14.8. The number of ketones is 1. The number of nitrogens with two attached hydrogens (primary N) is 1. The van der Waals surface area contributed by atoms with Gasteiger partial charge in [-0.1, -0.05) is 35.3 Å². The fraction of sp³-hybridized carbons (Fsp3) is 0.111. The van der Waals surface area contributed by atoms with E-state index in [1.54, 1.807) is 43.3 Å². The molecule has 0 radical (unpaired) electrons. The lowest BCUT2D eigenvalue weighted by Crippen LogP contribution is -2.20. The molecular weight excluding hydrogens is 363 g/mol. The molecule has 25 heavy (non-hydrogen) atoms. The van der Waals surface area contributed by atoms with E-state index in [2.05, 4.69) is 0 Å². The van der Waals surface area contributed by atoms with Crippen LogP contribution in [0, 0.1) is 0 Å². The van der Waals surface area contributed by atoms with Crippen molar-refractivity contribution in [1.82, 2.24) is 4.57 Å². The number of hydrogen-bond acceptors (Lipinski definition) is 4. The monoisotopic (exact) mass is 376 g/mol. The molecule has 0 atom stereocenters. The number of benzene rings is 2. The molecule has 5 nitrogen and oxygen atoms in total. The third-order valence-corrected chi connectivity index (χ3v) is 4.19. The number of nitrogens with zero attached hydrogens (tertiary/aromatic N) is 1. The second-order valence-electron chi connectivity index (χ2n) is 5.30. The van der Waals surface area contributed by atoms with Crippen molar-refractivity contribution in [3.63, 3.8) is 0 Å². The summed E-state index contributed by atoms with van der Waals surface area (Å²) in [6.07, 6.45) is -0.683. The summed E-state index contributed by atoms with van der Waals surface area (Å²) in [5.41, 5.74) is 7.13. The molecule has 0 unspecified atom stereocenters. The smallest absolute Gasteiger partial charge is 0.419 e. The quantitative estimate of drug-likeness (QED) is 0.668. The summed E-state index contributed by atoms with van der Waals surface area (Å²) in [7, 11) is 0. The third kappa shape index (κ3) is 3.08. The SMILES string of the molecule is CCOC(=O)n1c(C(=O)c2cccc(Cl)c2)c(N)c2cc(Cl)ccc21. The number of aromatic nitrogens is 1. The standard InChI is InChI=1S/C18H14Cl2N2O3/c1-2-25-18(24)22-14-7-6-12(20)9-13(14)15(21)16(22)17(23)10-4-3-5-11(19)8-10/h3-9H,2,21H2,1H3. The Morgan fingerprint density at radius 1 is 1.12 bits per heavy atom. The topological polar surface area (TPSA) is 74.3 Å². The maximum absolute atomic E-state index is 13.0. The van der Waals surface area contributed by atoms with Crippen LogP contribution in [0.3, 0.4) is 0 Å². The molecule has 2 aromatic carbocycles. The molecule has 1 heterocycles. The van der Waals surface area contributed by atoms with Crippen molar-refractivity contribution < 1.29 is 14.3 Å². The second kappa shape index (κ2) is 6.78. The highest BCUT2D eigenvalue weighted by Gasteiger charge is 2.26. The van der Waals surface area contributed by atoms with Crippen molar-refractivity contribution in [2.24, 2.45) is 0 Å². The molecule has 0 amide bonds. The zero-order chi connectivity index (χ0) is 18.1. The first-order chi connectivity index (χ1) is 11.9. The predicted octanol–water partition coefficient (Wildman–Crippen LogP) is 4.77. The predicted molar refractivity (Wildman–Crippen MR) is 98.7 cm³/mol. The maximum atomic E-state index is 13.0. The Morgan fingerprint density at radius 2 is 1.84 bits per heavy atom. The summed E-state index contributed by atoms with van der Waals surface area (Å²) in [5, 5.41) is 1.36. The van der Waals surface area contributed by atoms with Crippen LogP contribution >= 0.6 is 23.2 Å². The Bertz CT molecular complexity index is 995. The largest absolute Gasteiger partial charge is 0.449 e. The summed E-state index contributed by atoms with van der Waals surface area (Å²) < 4.78 is 6.26. The van der Waals surface area contributed by atoms with Crippen molar-refractivity contribution in [2.75, 3.05) is 12.3 Å². The van der Waals surface area contributed by atoms with Gasteiger partial charge in [-0.05, 0) is 37.3 Å². The Hall–Kier alpha value is -2.50. The molecule has 7 heteroatoms. The Kier molecular flexibility index (Phi) is 4.70. The van der Waals surface area contributed by atoms with E-state index in [0.29, 0.717) is 26.5 Å². The van der Waals surface area contributed by atoms with Crippen LogP contribution in [0.1, 0.15) is 23.0 Å². The maximum Gasteiger partial charge on any atom is 0.419 e. The van der Waals surface area contributed by atoms with E-state index < -0.39 is 11.9 Å². The lowest BCUT2D eigenvalue weighted by Gasteiger charge is -2.09. The van der Waals surface area contributed by atoms with Crippen LogP contribution in [-0.2, 0) is 4.74 Å². The van der Waals surface area contributed by atoms with Gasteiger partial charge in [0, 0.05) is 21.0 Å². The van der Waals surface area contributed by atoms with E-state index in [0.717, 1.165) is 0 Å². The van der Waals surface area contributed by atoms with Gasteiger partial charge in [-0.2, -0.15) is 0 Å². The molecule has 1 aromatic heterocycles. The third-order valence-electron chi connectivity index (χ3n) is 3.72. The van der Waals surface area contributed by atoms with Crippen LogP contribution in [0.25, 0.3) is 10.9 Å². The van der Waals surface area contributed by atoms with Gasteiger partial charge in [-0.3, -0.25) is 4.79 Å². The molecule has 128 valence electrons. The van der Waals surface area contributed by atoms with E-state index in [4.69, 9.17) is 33.7 Å². The molecule has 0 saturated carbocycles. The van der Waals surface area contributed by atoms with Crippen molar-refractivity contribution in [2.45, 2.75) is 6.92 Å². The van der Waals surface area contributed by atoms with Gasteiger partial charge in [0.05, 0.1) is 17.8 Å². The average molecular weight is 377 g/mol. The second-order valence-corrected chi connectivity index (χ2v) is 6.17. The lowest BCUT2D eigenvalue weighted by atomic mass is 10.1. The highest BCUT2D eigenvalue weighted by atomic mass is 35.5.